The molecule has 0 spiro atoms. The third-order valence-electron chi connectivity index (χ3n) is 11.0. The van der Waals surface area contributed by atoms with E-state index in [0.29, 0.717) is 12.8 Å². The quantitative estimate of drug-likeness (QED) is 0.0307. The Morgan fingerprint density at radius 2 is 0.741 bits per heavy atom. The van der Waals surface area contributed by atoms with E-state index in [4.69, 9.17) is 23.6 Å². The van der Waals surface area contributed by atoms with Gasteiger partial charge in [-0.2, -0.15) is 0 Å². The monoisotopic (exact) mass is 849 g/mol. The highest BCUT2D eigenvalue weighted by atomic mass is 31.2. The van der Waals surface area contributed by atoms with Crippen LogP contribution in [-0.2, 0) is 32.7 Å². The molecule has 0 amide bonds. The zero-order valence-corrected chi connectivity index (χ0v) is 38.7. The smallest absolute Gasteiger partial charge is 0.462 e. The number of aliphatic hydroxyl groups is 2. The third-order valence-corrected chi connectivity index (χ3v) is 12.0. The van der Waals surface area contributed by atoms with E-state index in [1.54, 1.807) is 0 Å². The van der Waals surface area contributed by atoms with Gasteiger partial charge in [-0.05, 0) is 12.8 Å². The standard InChI is InChI=1S/C47H93O10P/c1-3-5-7-9-11-13-15-16-17-18-19-20-21-22-23-24-25-26-27-29-31-33-35-37-39-47(51)57-45(43-56-58(52,53)55-41-44(49)40-48)42-54-46(50)38-36-34-32-30-28-14-12-10-8-6-4-2/h44-45,48-49H,3-43H2,1-2H3,(H,52,53). The SMILES string of the molecule is CCCCCCCCCCCCCCCCCCCCCCCCCCC(=O)OC(COC(=O)CCCCCCCCCCCCC)COP(=O)(O)OCC(O)CO. The number of hydrogen-bond donors (Lipinski definition) is 3. The second-order valence-electron chi connectivity index (χ2n) is 16.9. The molecule has 0 aliphatic rings. The molecule has 0 saturated carbocycles. The Balaban J connectivity index is 4.06. The van der Waals surface area contributed by atoms with Gasteiger partial charge in [-0.25, -0.2) is 4.57 Å². The maximum Gasteiger partial charge on any atom is 0.472 e. The highest BCUT2D eigenvalue weighted by Gasteiger charge is 2.27. The molecule has 3 unspecified atom stereocenters. The number of aliphatic hydroxyl groups excluding tert-OH is 2. The number of phosphoric ester groups is 1. The Morgan fingerprint density at radius 1 is 0.448 bits per heavy atom. The van der Waals surface area contributed by atoms with Crippen LogP contribution in [-0.4, -0.2) is 65.7 Å². The molecule has 0 radical (unpaired) electrons. The Labute approximate surface area is 356 Å². The Kier molecular flexibility index (Phi) is 43.3. The van der Waals surface area contributed by atoms with Gasteiger partial charge in [0.05, 0.1) is 19.8 Å². The average Bonchev–Trinajstić information content (AvgIpc) is 3.21. The van der Waals surface area contributed by atoms with Crippen LogP contribution >= 0.6 is 7.82 Å². The number of phosphoric acid groups is 1. The third kappa shape index (κ3) is 43.1. The minimum absolute atomic E-state index is 0.193. The fourth-order valence-electron chi connectivity index (χ4n) is 7.23. The van der Waals surface area contributed by atoms with Crippen molar-refractivity contribution in [2.75, 3.05) is 26.4 Å². The van der Waals surface area contributed by atoms with Gasteiger partial charge < -0.3 is 24.6 Å². The zero-order chi connectivity index (χ0) is 42.6. The number of hydrogen-bond acceptors (Lipinski definition) is 9. The van der Waals surface area contributed by atoms with E-state index in [1.165, 1.54) is 173 Å². The first-order chi connectivity index (χ1) is 28.2. The summed E-state index contributed by atoms with van der Waals surface area (Å²) in [5.74, 6) is -0.908. The van der Waals surface area contributed by atoms with E-state index < -0.39 is 51.8 Å². The van der Waals surface area contributed by atoms with E-state index in [0.717, 1.165) is 38.5 Å². The number of carbonyl (C=O) groups excluding carboxylic acids is 2. The van der Waals surface area contributed by atoms with Crippen molar-refractivity contribution < 1.29 is 47.8 Å². The molecule has 0 fully saturated rings. The normalized spacial score (nSPS) is 13.7. The van der Waals surface area contributed by atoms with Gasteiger partial charge in [0.1, 0.15) is 12.7 Å². The first-order valence-corrected chi connectivity index (χ1v) is 26.0. The molecule has 346 valence electrons. The molecule has 0 aromatic heterocycles. The Hall–Kier alpha value is -1.03. The zero-order valence-electron chi connectivity index (χ0n) is 37.8. The number of ether oxygens (including phenoxy) is 2. The van der Waals surface area contributed by atoms with Crippen LogP contribution in [0.15, 0.2) is 0 Å². The minimum Gasteiger partial charge on any atom is -0.462 e. The molecule has 0 aliphatic heterocycles. The van der Waals surface area contributed by atoms with E-state index >= 15 is 0 Å². The summed E-state index contributed by atoms with van der Waals surface area (Å²) < 4.78 is 32.8. The summed E-state index contributed by atoms with van der Waals surface area (Å²) in [7, 11) is -4.61. The molecular formula is C47H93O10P. The molecular weight excluding hydrogens is 755 g/mol. The van der Waals surface area contributed by atoms with Crippen molar-refractivity contribution in [3.05, 3.63) is 0 Å². The van der Waals surface area contributed by atoms with Gasteiger partial charge in [0.2, 0.25) is 0 Å². The number of carbonyl (C=O) groups is 2. The molecule has 0 aromatic carbocycles. The summed E-state index contributed by atoms with van der Waals surface area (Å²) in [5, 5.41) is 18.3. The molecule has 0 bridgehead atoms. The maximum atomic E-state index is 12.6. The summed E-state index contributed by atoms with van der Waals surface area (Å²) in [4.78, 5) is 35.0. The van der Waals surface area contributed by atoms with E-state index in [2.05, 4.69) is 13.8 Å². The molecule has 0 rings (SSSR count). The van der Waals surface area contributed by atoms with Crippen LogP contribution in [0, 0.1) is 0 Å². The van der Waals surface area contributed by atoms with Crippen molar-refractivity contribution in [2.45, 2.75) is 264 Å². The van der Waals surface area contributed by atoms with Gasteiger partial charge in [-0.15, -0.1) is 0 Å². The Bertz CT molecular complexity index is 935. The predicted octanol–water partition coefficient (Wildman–Crippen LogP) is 13.4. The lowest BCUT2D eigenvalue weighted by Gasteiger charge is -2.20. The van der Waals surface area contributed by atoms with Crippen LogP contribution in [0.1, 0.15) is 251 Å². The second-order valence-corrected chi connectivity index (χ2v) is 18.3. The maximum absolute atomic E-state index is 12.6. The Morgan fingerprint density at radius 3 is 1.07 bits per heavy atom. The topological polar surface area (TPSA) is 149 Å². The fourth-order valence-corrected chi connectivity index (χ4v) is 8.02. The van der Waals surface area contributed by atoms with Crippen LogP contribution < -0.4 is 0 Å². The van der Waals surface area contributed by atoms with Gasteiger partial charge in [0.15, 0.2) is 6.10 Å². The summed E-state index contributed by atoms with van der Waals surface area (Å²) in [6.45, 7) is 2.42. The first-order valence-electron chi connectivity index (χ1n) is 24.5. The van der Waals surface area contributed by atoms with Crippen molar-refractivity contribution >= 4 is 19.8 Å². The fraction of sp³-hybridized carbons (Fsp3) is 0.957. The molecule has 3 atom stereocenters. The average molecular weight is 849 g/mol. The van der Waals surface area contributed by atoms with Gasteiger partial charge in [-0.3, -0.25) is 18.6 Å². The van der Waals surface area contributed by atoms with Crippen LogP contribution in [0.4, 0.5) is 0 Å². The largest absolute Gasteiger partial charge is 0.472 e. The van der Waals surface area contributed by atoms with Gasteiger partial charge >= 0.3 is 19.8 Å². The molecule has 0 heterocycles. The van der Waals surface area contributed by atoms with E-state index in [-0.39, 0.29) is 19.4 Å². The molecule has 0 saturated heterocycles. The van der Waals surface area contributed by atoms with Crippen LogP contribution in [0.5, 0.6) is 0 Å². The number of unbranched alkanes of at least 4 members (excludes halogenated alkanes) is 33. The molecule has 10 nitrogen and oxygen atoms in total. The van der Waals surface area contributed by atoms with Gasteiger partial charge in [-0.1, -0.05) is 226 Å². The first kappa shape index (κ1) is 57.0. The lowest BCUT2D eigenvalue weighted by Crippen LogP contribution is -2.29. The molecule has 3 N–H and O–H groups in total. The number of rotatable bonds is 47. The molecule has 0 aliphatic carbocycles. The molecule has 58 heavy (non-hydrogen) atoms. The lowest BCUT2D eigenvalue weighted by atomic mass is 10.0. The van der Waals surface area contributed by atoms with Gasteiger partial charge in [0, 0.05) is 12.8 Å². The summed E-state index contributed by atoms with van der Waals surface area (Å²) >= 11 is 0. The van der Waals surface area contributed by atoms with Crippen molar-refractivity contribution in [2.24, 2.45) is 0 Å². The second kappa shape index (κ2) is 44.0. The van der Waals surface area contributed by atoms with E-state index in [1.807, 2.05) is 0 Å². The van der Waals surface area contributed by atoms with Crippen molar-refractivity contribution in [3.8, 4) is 0 Å². The molecule has 11 heteroatoms. The van der Waals surface area contributed by atoms with Gasteiger partial charge in [0.25, 0.3) is 0 Å². The van der Waals surface area contributed by atoms with Crippen LogP contribution in [0.25, 0.3) is 0 Å². The van der Waals surface area contributed by atoms with E-state index in [9.17, 15) is 24.2 Å². The van der Waals surface area contributed by atoms with Crippen molar-refractivity contribution in [3.63, 3.8) is 0 Å². The summed E-state index contributed by atoms with van der Waals surface area (Å²) in [5.41, 5.74) is 0. The summed E-state index contributed by atoms with van der Waals surface area (Å²) in [6, 6.07) is 0. The van der Waals surface area contributed by atoms with Crippen molar-refractivity contribution in [1.29, 1.82) is 0 Å². The lowest BCUT2D eigenvalue weighted by molar-refractivity contribution is -0.161. The highest BCUT2D eigenvalue weighted by Crippen LogP contribution is 2.43. The van der Waals surface area contributed by atoms with Crippen LogP contribution in [0.2, 0.25) is 0 Å². The minimum atomic E-state index is -4.61. The van der Waals surface area contributed by atoms with Crippen molar-refractivity contribution in [1.82, 2.24) is 0 Å². The molecule has 0 aromatic rings. The van der Waals surface area contributed by atoms with Crippen LogP contribution in [0.3, 0.4) is 0 Å². The summed E-state index contributed by atoms with van der Waals surface area (Å²) in [6.07, 6.45) is 42.3. The highest BCUT2D eigenvalue weighted by molar-refractivity contribution is 7.47. The predicted molar refractivity (Wildman–Crippen MR) is 238 cm³/mol. The number of esters is 2.